The van der Waals surface area contributed by atoms with Gasteiger partial charge in [0.25, 0.3) is 0 Å². The molecule has 3 fully saturated rings. The highest BCUT2D eigenvalue weighted by Crippen LogP contribution is 2.73. The number of aliphatic hydroxyl groups is 4. The number of esters is 1. The van der Waals surface area contributed by atoms with Crippen molar-refractivity contribution in [3.8, 4) is 0 Å². The standard InChI is InChI=1S/C39H64O10/c1-21(2)38(9,49-23(4)41)18-12-22(3)24-14-19-39(34(45)46)26-10-11-28-35(5,6)29(15-16-36(28,7)25(26)13-17-37(24,39)8)48-33-32(44)31(43)30(42)27(20-40)47-33/h21-22,24,27-33,40,42-44H,10-20H2,1-9H3,(H,45,46)/t22-,24?,27-,28+,29+,30+,31+,32-,33+,36-,37-,38?,39+/m1/s1. The number of fused-ring (bicyclic) bond motifs is 4. The summed E-state index contributed by atoms with van der Waals surface area (Å²) in [5.74, 6) is -0.0661. The van der Waals surface area contributed by atoms with E-state index in [2.05, 4.69) is 48.5 Å². The van der Waals surface area contributed by atoms with Gasteiger partial charge in [-0.2, -0.15) is 0 Å². The van der Waals surface area contributed by atoms with Crippen molar-refractivity contribution in [2.75, 3.05) is 6.61 Å². The van der Waals surface area contributed by atoms with Crippen LogP contribution in [0.25, 0.3) is 0 Å². The lowest BCUT2D eigenvalue weighted by Gasteiger charge is -2.62. The molecule has 1 aliphatic heterocycles. The van der Waals surface area contributed by atoms with Gasteiger partial charge in [-0.1, -0.05) is 59.6 Å². The fourth-order valence-electron chi connectivity index (χ4n) is 11.8. The predicted molar refractivity (Wildman–Crippen MR) is 183 cm³/mol. The quantitative estimate of drug-likeness (QED) is 0.148. The number of aliphatic carboxylic acids is 1. The van der Waals surface area contributed by atoms with Crippen LogP contribution < -0.4 is 0 Å². The third-order valence-electron chi connectivity index (χ3n) is 15.1. The molecule has 0 spiro atoms. The lowest BCUT2D eigenvalue weighted by molar-refractivity contribution is -0.325. The van der Waals surface area contributed by atoms with Crippen molar-refractivity contribution in [3.63, 3.8) is 0 Å². The Morgan fingerprint density at radius 3 is 2.20 bits per heavy atom. The lowest BCUT2D eigenvalue weighted by Crippen LogP contribution is -2.62. The van der Waals surface area contributed by atoms with E-state index < -0.39 is 54.3 Å². The number of carboxylic acid groups (broad SMARTS) is 1. The SMILES string of the molecule is CC(=O)OC(C)(CC[C@@H](C)C1CC[C@@]2(C(=O)O)C3=C(CC[C@]12C)[C@@]1(C)CC[C@H](O[C@@H]2O[C@H](CO)[C@H](O)[C@H](O)[C@H]2O)C(C)(C)[C@@H]1CC3)C(C)C. The van der Waals surface area contributed by atoms with Gasteiger partial charge in [-0.3, -0.25) is 9.59 Å². The Balaban J connectivity index is 1.40. The lowest BCUT2D eigenvalue weighted by atomic mass is 9.43. The third kappa shape index (κ3) is 6.02. The topological polar surface area (TPSA) is 163 Å². The molecule has 4 aliphatic carbocycles. The van der Waals surface area contributed by atoms with E-state index in [1.54, 1.807) is 0 Å². The number of allylic oxidation sites excluding steroid dienone is 1. The summed E-state index contributed by atoms with van der Waals surface area (Å²) in [4.78, 5) is 25.7. The predicted octanol–water partition coefficient (Wildman–Crippen LogP) is 5.38. The molecule has 0 radical (unpaired) electrons. The van der Waals surface area contributed by atoms with Crippen LogP contribution >= 0.6 is 0 Å². The molecule has 5 rings (SSSR count). The van der Waals surface area contributed by atoms with Gasteiger partial charge >= 0.3 is 11.9 Å². The van der Waals surface area contributed by atoms with Crippen LogP contribution in [0.15, 0.2) is 11.1 Å². The molecule has 280 valence electrons. The molecule has 49 heavy (non-hydrogen) atoms. The molecule has 0 aromatic heterocycles. The first-order valence-corrected chi connectivity index (χ1v) is 18.8. The van der Waals surface area contributed by atoms with Crippen LogP contribution in [0.4, 0.5) is 0 Å². The van der Waals surface area contributed by atoms with E-state index in [-0.39, 0.29) is 52.0 Å². The molecule has 5 aliphatic rings. The molecule has 0 bridgehead atoms. The van der Waals surface area contributed by atoms with Crippen LogP contribution in [0.2, 0.25) is 0 Å². The van der Waals surface area contributed by atoms with Gasteiger partial charge in [0.2, 0.25) is 0 Å². The first kappa shape index (κ1) is 38.7. The maximum Gasteiger partial charge on any atom is 0.314 e. The Morgan fingerprint density at radius 1 is 0.939 bits per heavy atom. The van der Waals surface area contributed by atoms with Crippen molar-refractivity contribution in [2.45, 2.75) is 169 Å². The maximum atomic E-state index is 13.7. The molecule has 0 aromatic carbocycles. The highest BCUT2D eigenvalue weighted by Gasteiger charge is 2.68. The van der Waals surface area contributed by atoms with Crippen LogP contribution in [0.3, 0.4) is 0 Å². The van der Waals surface area contributed by atoms with Crippen LogP contribution in [0, 0.1) is 45.3 Å². The van der Waals surface area contributed by atoms with Gasteiger partial charge in [-0.25, -0.2) is 0 Å². The maximum absolute atomic E-state index is 13.7. The smallest absolute Gasteiger partial charge is 0.314 e. The van der Waals surface area contributed by atoms with E-state index in [1.807, 2.05) is 6.92 Å². The fourth-order valence-corrected chi connectivity index (χ4v) is 11.8. The zero-order chi connectivity index (χ0) is 36.5. The van der Waals surface area contributed by atoms with Crippen LogP contribution in [0.1, 0.15) is 127 Å². The summed E-state index contributed by atoms with van der Waals surface area (Å²) < 4.78 is 18.0. The van der Waals surface area contributed by atoms with E-state index in [0.717, 1.165) is 51.4 Å². The first-order valence-electron chi connectivity index (χ1n) is 18.8. The summed E-state index contributed by atoms with van der Waals surface area (Å²) >= 11 is 0. The van der Waals surface area contributed by atoms with Crippen molar-refractivity contribution in [1.29, 1.82) is 0 Å². The number of hydrogen-bond donors (Lipinski definition) is 5. The summed E-state index contributed by atoms with van der Waals surface area (Å²) in [6.07, 6.45) is 0.949. The number of hydrogen-bond acceptors (Lipinski definition) is 9. The first-order chi connectivity index (χ1) is 22.7. The normalized spacial score (nSPS) is 43.6. The zero-order valence-electron chi connectivity index (χ0n) is 31.3. The van der Waals surface area contributed by atoms with Gasteiger partial charge in [0.1, 0.15) is 30.0 Å². The number of aliphatic hydroxyl groups excluding tert-OH is 4. The van der Waals surface area contributed by atoms with Crippen LogP contribution in [-0.4, -0.2) is 86.5 Å². The minimum Gasteiger partial charge on any atom is -0.481 e. The molecular formula is C39H64O10. The van der Waals surface area contributed by atoms with Crippen molar-refractivity contribution < 1.29 is 49.3 Å². The molecule has 5 N–H and O–H groups in total. The molecule has 10 nitrogen and oxygen atoms in total. The number of carbonyl (C=O) groups excluding carboxylic acids is 1. The van der Waals surface area contributed by atoms with E-state index in [0.29, 0.717) is 12.8 Å². The minimum atomic E-state index is -1.49. The summed E-state index contributed by atoms with van der Waals surface area (Å²) in [7, 11) is 0. The Bertz CT molecular complexity index is 1290. The molecule has 0 aromatic rings. The van der Waals surface area contributed by atoms with Gasteiger partial charge < -0.3 is 39.7 Å². The summed E-state index contributed by atoms with van der Waals surface area (Å²) in [5.41, 5.74) is 0.0867. The van der Waals surface area contributed by atoms with Gasteiger partial charge in [0, 0.05) is 6.92 Å². The summed E-state index contributed by atoms with van der Waals surface area (Å²) in [6.45, 7) is 18.4. The number of ether oxygens (including phenoxy) is 3. The van der Waals surface area contributed by atoms with E-state index in [1.165, 1.54) is 18.1 Å². The van der Waals surface area contributed by atoms with Crippen molar-refractivity contribution >= 4 is 11.9 Å². The monoisotopic (exact) mass is 692 g/mol. The second kappa shape index (κ2) is 13.4. The molecule has 13 atom stereocenters. The van der Waals surface area contributed by atoms with Crippen molar-refractivity contribution in [1.82, 2.24) is 0 Å². The molecule has 10 heteroatoms. The minimum absolute atomic E-state index is 0.168. The molecule has 1 saturated heterocycles. The molecule has 2 unspecified atom stereocenters. The average Bonchev–Trinajstić information content (AvgIpc) is 3.35. The van der Waals surface area contributed by atoms with Crippen LogP contribution in [-0.2, 0) is 23.8 Å². The van der Waals surface area contributed by atoms with Crippen molar-refractivity contribution in [2.24, 2.45) is 45.3 Å². The molecule has 0 amide bonds. The zero-order valence-corrected chi connectivity index (χ0v) is 31.3. The van der Waals surface area contributed by atoms with E-state index >= 15 is 0 Å². The van der Waals surface area contributed by atoms with Gasteiger partial charge in [0.05, 0.1) is 18.1 Å². The Morgan fingerprint density at radius 2 is 1.61 bits per heavy atom. The highest BCUT2D eigenvalue weighted by molar-refractivity contribution is 5.82. The summed E-state index contributed by atoms with van der Waals surface area (Å²) in [5, 5.41) is 52.3. The highest BCUT2D eigenvalue weighted by atomic mass is 16.7. The Hall–Kier alpha value is -1.56. The third-order valence-corrected chi connectivity index (χ3v) is 15.1. The Labute approximate surface area is 293 Å². The number of rotatable bonds is 10. The second-order valence-electron chi connectivity index (χ2n) is 18.0. The van der Waals surface area contributed by atoms with Gasteiger partial charge in [-0.05, 0) is 111 Å². The molecule has 1 heterocycles. The largest absolute Gasteiger partial charge is 0.481 e. The van der Waals surface area contributed by atoms with Gasteiger partial charge in [0.15, 0.2) is 6.29 Å². The number of carbonyl (C=O) groups is 2. The van der Waals surface area contributed by atoms with Crippen LogP contribution in [0.5, 0.6) is 0 Å². The molecular weight excluding hydrogens is 628 g/mol. The molecule has 2 saturated carbocycles. The fraction of sp³-hybridized carbons (Fsp3) is 0.897. The second-order valence-corrected chi connectivity index (χ2v) is 18.0. The average molecular weight is 693 g/mol. The van der Waals surface area contributed by atoms with E-state index in [4.69, 9.17) is 14.2 Å². The van der Waals surface area contributed by atoms with Gasteiger partial charge in [-0.15, -0.1) is 0 Å². The summed E-state index contributed by atoms with van der Waals surface area (Å²) in [6, 6.07) is 0. The van der Waals surface area contributed by atoms with Crippen molar-refractivity contribution in [3.05, 3.63) is 11.1 Å². The van der Waals surface area contributed by atoms with E-state index in [9.17, 15) is 35.1 Å². The number of carboxylic acids is 1. The Kier molecular flexibility index (Phi) is 10.6.